The van der Waals surface area contributed by atoms with Gasteiger partial charge in [0.15, 0.2) is 6.10 Å². The minimum absolute atomic E-state index is 0.0948. The predicted molar refractivity (Wildman–Crippen MR) is 108 cm³/mol. The van der Waals surface area contributed by atoms with Crippen LogP contribution in [-0.2, 0) is 24.3 Å². The summed E-state index contributed by atoms with van der Waals surface area (Å²) in [5.41, 5.74) is 1.22. The summed E-state index contributed by atoms with van der Waals surface area (Å²) in [4.78, 5) is 24.6. The molecule has 0 saturated carbocycles. The van der Waals surface area contributed by atoms with Crippen LogP contribution in [0.2, 0.25) is 0 Å². The minimum Gasteiger partial charge on any atom is -0.463 e. The van der Waals surface area contributed by atoms with Crippen LogP contribution in [0.3, 0.4) is 0 Å². The van der Waals surface area contributed by atoms with Crippen molar-refractivity contribution >= 4 is 38.0 Å². The van der Waals surface area contributed by atoms with Crippen molar-refractivity contribution in [2.75, 3.05) is 6.61 Å². The standard InChI is InChI=1S/C20H18BrNO6S/c1-3-27-18(23)12-17-19(15-6-4-5-7-16(15)21)28-20(24)22(17)29(25,26)14-10-8-13(2)9-11-14/h4-12,19H,3H2,1-2H3/b17-12+/t19-/m1/s1. The maximum absolute atomic E-state index is 13.2. The maximum atomic E-state index is 13.2. The number of hydrogen-bond acceptors (Lipinski definition) is 6. The van der Waals surface area contributed by atoms with Gasteiger partial charge in [0, 0.05) is 16.1 Å². The van der Waals surface area contributed by atoms with E-state index in [1.807, 2.05) is 6.92 Å². The Kier molecular flexibility index (Phi) is 6.09. The van der Waals surface area contributed by atoms with Gasteiger partial charge in [0.2, 0.25) is 0 Å². The highest BCUT2D eigenvalue weighted by molar-refractivity contribution is 9.10. The highest BCUT2D eigenvalue weighted by Crippen LogP contribution is 2.41. The summed E-state index contributed by atoms with van der Waals surface area (Å²) in [6.45, 7) is 3.54. The van der Waals surface area contributed by atoms with Crippen LogP contribution in [-0.4, -0.2) is 31.4 Å². The molecule has 152 valence electrons. The average Bonchev–Trinajstić information content (AvgIpc) is 2.99. The Morgan fingerprint density at radius 3 is 2.48 bits per heavy atom. The van der Waals surface area contributed by atoms with Crippen LogP contribution in [0, 0.1) is 6.92 Å². The number of sulfonamides is 1. The van der Waals surface area contributed by atoms with Gasteiger partial charge in [0.1, 0.15) is 0 Å². The van der Waals surface area contributed by atoms with Crippen molar-refractivity contribution in [3.8, 4) is 0 Å². The highest BCUT2D eigenvalue weighted by Gasteiger charge is 2.46. The lowest BCUT2D eigenvalue weighted by atomic mass is 10.1. The van der Waals surface area contributed by atoms with Crippen molar-refractivity contribution in [1.82, 2.24) is 4.31 Å². The second-order valence-electron chi connectivity index (χ2n) is 6.19. The molecular formula is C20H18BrNO6S. The number of ether oxygens (including phenoxy) is 2. The van der Waals surface area contributed by atoms with E-state index >= 15 is 0 Å². The van der Waals surface area contributed by atoms with E-state index in [0.29, 0.717) is 14.3 Å². The molecule has 7 nitrogen and oxygen atoms in total. The number of hydrogen-bond donors (Lipinski definition) is 0. The smallest absolute Gasteiger partial charge is 0.429 e. The van der Waals surface area contributed by atoms with Crippen LogP contribution in [0.15, 0.2) is 69.7 Å². The summed E-state index contributed by atoms with van der Waals surface area (Å²) in [6.07, 6.45) is -1.21. The molecule has 0 N–H and O–H groups in total. The first-order valence-corrected chi connectivity index (χ1v) is 10.9. The number of benzene rings is 2. The lowest BCUT2D eigenvalue weighted by Gasteiger charge is -2.17. The van der Waals surface area contributed by atoms with E-state index in [4.69, 9.17) is 9.47 Å². The van der Waals surface area contributed by atoms with Crippen LogP contribution in [0.5, 0.6) is 0 Å². The van der Waals surface area contributed by atoms with E-state index in [9.17, 15) is 18.0 Å². The summed E-state index contributed by atoms with van der Waals surface area (Å²) < 4.78 is 37.8. The third kappa shape index (κ3) is 4.20. The van der Waals surface area contributed by atoms with Gasteiger partial charge in [-0.05, 0) is 32.0 Å². The Balaban J connectivity index is 2.14. The molecule has 3 rings (SSSR count). The van der Waals surface area contributed by atoms with Gasteiger partial charge in [0.25, 0.3) is 10.0 Å². The molecule has 1 aliphatic rings. The zero-order chi connectivity index (χ0) is 21.2. The van der Waals surface area contributed by atoms with Crippen LogP contribution >= 0.6 is 15.9 Å². The molecule has 0 aliphatic carbocycles. The summed E-state index contributed by atoms with van der Waals surface area (Å²) in [5.74, 6) is -0.776. The molecule has 1 atom stereocenters. The zero-order valence-corrected chi connectivity index (χ0v) is 18.1. The van der Waals surface area contributed by atoms with Gasteiger partial charge < -0.3 is 9.47 Å². The molecule has 0 spiro atoms. The Labute approximate surface area is 177 Å². The van der Waals surface area contributed by atoms with Crippen molar-refractivity contribution < 1.29 is 27.5 Å². The fourth-order valence-corrected chi connectivity index (χ4v) is 4.67. The number of carbonyl (C=O) groups is 2. The van der Waals surface area contributed by atoms with Gasteiger partial charge in [0.05, 0.1) is 17.2 Å². The molecule has 9 heteroatoms. The summed E-state index contributed by atoms with van der Waals surface area (Å²) in [5, 5.41) is 0. The lowest BCUT2D eigenvalue weighted by Crippen LogP contribution is -2.31. The molecule has 0 radical (unpaired) electrons. The monoisotopic (exact) mass is 479 g/mol. The summed E-state index contributed by atoms with van der Waals surface area (Å²) in [7, 11) is -4.30. The minimum atomic E-state index is -4.30. The van der Waals surface area contributed by atoms with Crippen molar-refractivity contribution in [1.29, 1.82) is 0 Å². The number of rotatable bonds is 5. The van der Waals surface area contributed by atoms with Crippen LogP contribution in [0.25, 0.3) is 0 Å². The van der Waals surface area contributed by atoms with Crippen molar-refractivity contribution in [3.05, 3.63) is 75.9 Å². The normalized spacial score (nSPS) is 18.0. The van der Waals surface area contributed by atoms with E-state index in [0.717, 1.165) is 11.6 Å². The molecular weight excluding hydrogens is 462 g/mol. The van der Waals surface area contributed by atoms with Crippen molar-refractivity contribution in [2.24, 2.45) is 0 Å². The summed E-state index contributed by atoms with van der Waals surface area (Å²) >= 11 is 3.37. The molecule has 2 aromatic rings. The third-order valence-corrected chi connectivity index (χ3v) is 6.62. The Bertz CT molecular complexity index is 1080. The van der Waals surface area contributed by atoms with Crippen LogP contribution in [0.1, 0.15) is 24.2 Å². The van der Waals surface area contributed by atoms with E-state index in [1.54, 1.807) is 43.3 Å². The molecule has 0 bridgehead atoms. The third-order valence-electron chi connectivity index (χ3n) is 4.19. The molecule has 1 heterocycles. The highest BCUT2D eigenvalue weighted by atomic mass is 79.9. The quantitative estimate of drug-likeness (QED) is 0.473. The average molecular weight is 480 g/mol. The first-order chi connectivity index (χ1) is 13.8. The van der Waals surface area contributed by atoms with E-state index in [-0.39, 0.29) is 17.2 Å². The molecule has 1 amide bonds. The number of esters is 1. The van der Waals surface area contributed by atoms with E-state index in [1.165, 1.54) is 12.1 Å². The van der Waals surface area contributed by atoms with E-state index in [2.05, 4.69) is 15.9 Å². The largest absolute Gasteiger partial charge is 0.463 e. The number of aryl methyl sites for hydroxylation is 1. The predicted octanol–water partition coefficient (Wildman–Crippen LogP) is 4.09. The van der Waals surface area contributed by atoms with Gasteiger partial charge >= 0.3 is 12.1 Å². The van der Waals surface area contributed by atoms with Gasteiger partial charge in [-0.15, -0.1) is 0 Å². The molecule has 29 heavy (non-hydrogen) atoms. The van der Waals surface area contributed by atoms with Gasteiger partial charge in [-0.3, -0.25) is 0 Å². The van der Waals surface area contributed by atoms with Crippen molar-refractivity contribution in [3.63, 3.8) is 0 Å². The second-order valence-corrected chi connectivity index (χ2v) is 8.83. The van der Waals surface area contributed by atoms with Gasteiger partial charge in [-0.2, -0.15) is 4.31 Å². The first-order valence-electron chi connectivity index (χ1n) is 8.71. The van der Waals surface area contributed by atoms with Crippen molar-refractivity contribution in [2.45, 2.75) is 24.8 Å². The second kappa shape index (κ2) is 8.38. The molecule has 0 aromatic heterocycles. The molecule has 1 aliphatic heterocycles. The first kappa shape index (κ1) is 21.1. The fourth-order valence-electron chi connectivity index (χ4n) is 2.82. The number of carbonyl (C=O) groups excluding carboxylic acids is 2. The number of halogens is 1. The molecule has 1 fully saturated rings. The van der Waals surface area contributed by atoms with Crippen LogP contribution in [0.4, 0.5) is 4.79 Å². The van der Waals surface area contributed by atoms with Gasteiger partial charge in [-0.1, -0.05) is 51.8 Å². The number of amides is 1. The van der Waals surface area contributed by atoms with E-state index < -0.39 is 28.2 Å². The van der Waals surface area contributed by atoms with Gasteiger partial charge in [-0.25, -0.2) is 18.0 Å². The lowest BCUT2D eigenvalue weighted by molar-refractivity contribution is -0.137. The topological polar surface area (TPSA) is 90.0 Å². The fraction of sp³-hybridized carbons (Fsp3) is 0.200. The molecule has 1 saturated heterocycles. The number of cyclic esters (lactones) is 1. The zero-order valence-electron chi connectivity index (χ0n) is 15.7. The Hall–Kier alpha value is -2.65. The Morgan fingerprint density at radius 1 is 1.21 bits per heavy atom. The maximum Gasteiger partial charge on any atom is 0.429 e. The molecule has 2 aromatic carbocycles. The number of nitrogens with zero attached hydrogens (tertiary/aromatic N) is 1. The van der Waals surface area contributed by atoms with Crippen LogP contribution < -0.4 is 0 Å². The molecule has 0 unspecified atom stereocenters. The SMILES string of the molecule is CCOC(=O)/C=C1\[C@@H](c2ccccc2Br)OC(=O)N1S(=O)(=O)c1ccc(C)cc1. The summed E-state index contributed by atoms with van der Waals surface area (Å²) in [6, 6.07) is 12.9. The Morgan fingerprint density at radius 2 is 1.86 bits per heavy atom.